The molecule has 1 fully saturated rings. The van der Waals surface area contributed by atoms with Gasteiger partial charge in [0.25, 0.3) is 0 Å². The molecule has 1 saturated carbocycles. The second-order valence-electron chi connectivity index (χ2n) is 6.86. The van der Waals surface area contributed by atoms with Crippen LogP contribution in [0, 0.1) is 12.7 Å². The molecule has 0 spiro atoms. The zero-order chi connectivity index (χ0) is 22.0. The average Bonchev–Trinajstić information content (AvgIpc) is 3.45. The Bertz CT molecular complexity index is 774. The maximum atomic E-state index is 14.2. The van der Waals surface area contributed by atoms with Crippen LogP contribution in [-0.4, -0.2) is 46.0 Å². The van der Waals surface area contributed by atoms with Gasteiger partial charge in [0.2, 0.25) is 0 Å². The molecule has 0 saturated heterocycles. The first-order valence-electron chi connectivity index (χ1n) is 9.68. The molecule has 0 amide bonds. The Morgan fingerprint density at radius 2 is 1.97 bits per heavy atom. The van der Waals surface area contributed by atoms with Crippen molar-refractivity contribution in [1.29, 1.82) is 0 Å². The van der Waals surface area contributed by atoms with Gasteiger partial charge in [-0.2, -0.15) is 0 Å². The molecular formula is C21H32FN3O3S. The molecule has 0 radical (unpaired) electrons. The van der Waals surface area contributed by atoms with E-state index in [1.807, 2.05) is 13.8 Å². The number of aryl methyl sites for hydroxylation is 1. The summed E-state index contributed by atoms with van der Waals surface area (Å²) in [6, 6.07) is 4.73. The molecule has 1 aliphatic rings. The standard InChI is InChI=1S/C19H26FN3O3S.C2H6/c1-14-4-5-16(15(20)12-14)21-17(6-10-24)18(13-23(2)3)22-27(26)19(7-8-19)9-11-25;1-2/h4-6,10,12-13,21-22,25H,7-9,11H2,1-3H3;1-2H3/b17-6+,18-13+;. The number of aldehydes is 1. The lowest BCUT2D eigenvalue weighted by atomic mass is 10.2. The number of nitrogens with zero attached hydrogens (tertiary/aromatic N) is 1. The minimum Gasteiger partial charge on any atom is -0.396 e. The number of carbonyl (C=O) groups excluding carboxylic acids is 1. The Balaban J connectivity index is 0.00000204. The van der Waals surface area contributed by atoms with Gasteiger partial charge in [0, 0.05) is 33.0 Å². The van der Waals surface area contributed by atoms with Crippen molar-refractivity contribution in [3.05, 3.63) is 53.2 Å². The second kappa shape index (κ2) is 11.7. The molecule has 6 nitrogen and oxygen atoms in total. The van der Waals surface area contributed by atoms with Crippen LogP contribution in [0.2, 0.25) is 0 Å². The molecule has 162 valence electrons. The third-order valence-corrected chi connectivity index (χ3v) is 6.08. The van der Waals surface area contributed by atoms with Crippen LogP contribution in [-0.2, 0) is 15.8 Å². The number of carbonyl (C=O) groups is 1. The van der Waals surface area contributed by atoms with Crippen molar-refractivity contribution in [2.75, 3.05) is 26.0 Å². The number of rotatable bonds is 10. The predicted octanol–water partition coefficient (Wildman–Crippen LogP) is 3.23. The Labute approximate surface area is 175 Å². The molecule has 2 rings (SSSR count). The Morgan fingerprint density at radius 1 is 1.31 bits per heavy atom. The predicted molar refractivity (Wildman–Crippen MR) is 117 cm³/mol. The van der Waals surface area contributed by atoms with E-state index in [0.29, 0.717) is 24.1 Å². The summed E-state index contributed by atoms with van der Waals surface area (Å²) in [6.45, 7) is 5.75. The van der Waals surface area contributed by atoms with Gasteiger partial charge in [-0.1, -0.05) is 19.9 Å². The van der Waals surface area contributed by atoms with Gasteiger partial charge in [0.1, 0.15) is 23.1 Å². The first-order valence-corrected chi connectivity index (χ1v) is 10.8. The fourth-order valence-electron chi connectivity index (χ4n) is 2.62. The number of hydrogen-bond donors (Lipinski definition) is 3. The van der Waals surface area contributed by atoms with Crippen LogP contribution in [0.1, 0.15) is 38.7 Å². The number of nitrogens with one attached hydrogen (secondary N) is 2. The number of aliphatic hydroxyl groups is 1. The monoisotopic (exact) mass is 425 g/mol. The highest BCUT2D eigenvalue weighted by molar-refractivity contribution is 7.85. The SMILES string of the molecule is CC.Cc1ccc(NC(=C/C=O)/C(=C\N(C)C)NS(=O)C2(CCO)CC2)c(F)c1. The first-order chi connectivity index (χ1) is 13.8. The van der Waals surface area contributed by atoms with Crippen molar-refractivity contribution in [2.24, 2.45) is 0 Å². The summed E-state index contributed by atoms with van der Waals surface area (Å²) in [5, 5.41) is 12.1. The van der Waals surface area contributed by atoms with Crippen LogP contribution in [0.15, 0.2) is 41.9 Å². The zero-order valence-corrected chi connectivity index (χ0v) is 18.6. The summed E-state index contributed by atoms with van der Waals surface area (Å²) in [5.41, 5.74) is 1.69. The maximum absolute atomic E-state index is 14.2. The van der Waals surface area contributed by atoms with E-state index in [1.165, 1.54) is 12.1 Å². The molecule has 3 N–H and O–H groups in total. The lowest BCUT2D eigenvalue weighted by Gasteiger charge is -2.21. The third-order valence-electron chi connectivity index (χ3n) is 4.28. The lowest BCUT2D eigenvalue weighted by Crippen LogP contribution is -2.32. The molecule has 1 aromatic rings. The number of anilines is 1. The van der Waals surface area contributed by atoms with E-state index in [-0.39, 0.29) is 12.3 Å². The van der Waals surface area contributed by atoms with Gasteiger partial charge in [0.05, 0.1) is 21.8 Å². The van der Waals surface area contributed by atoms with E-state index >= 15 is 0 Å². The summed E-state index contributed by atoms with van der Waals surface area (Å²) in [4.78, 5) is 12.9. The average molecular weight is 426 g/mol. The molecular weight excluding hydrogens is 393 g/mol. The van der Waals surface area contributed by atoms with Crippen LogP contribution < -0.4 is 10.0 Å². The molecule has 29 heavy (non-hydrogen) atoms. The highest BCUT2D eigenvalue weighted by Crippen LogP contribution is 2.44. The van der Waals surface area contributed by atoms with Crippen molar-refractivity contribution < 1.29 is 18.5 Å². The van der Waals surface area contributed by atoms with Crippen LogP contribution in [0.3, 0.4) is 0 Å². The van der Waals surface area contributed by atoms with Crippen LogP contribution in [0.4, 0.5) is 10.1 Å². The molecule has 1 atom stereocenters. The Hall–Kier alpha value is -2.19. The fraction of sp³-hybridized carbons (Fsp3) is 0.476. The van der Waals surface area contributed by atoms with Crippen LogP contribution in [0.25, 0.3) is 0 Å². The van der Waals surface area contributed by atoms with E-state index in [4.69, 9.17) is 0 Å². The molecule has 1 unspecified atom stereocenters. The first kappa shape index (κ1) is 24.8. The Kier molecular flexibility index (Phi) is 10.0. The van der Waals surface area contributed by atoms with E-state index in [9.17, 15) is 18.5 Å². The third kappa shape index (κ3) is 7.29. The number of hydrogen-bond acceptors (Lipinski definition) is 5. The Morgan fingerprint density at radius 3 is 2.45 bits per heavy atom. The van der Waals surface area contributed by atoms with Crippen molar-refractivity contribution in [1.82, 2.24) is 9.62 Å². The van der Waals surface area contributed by atoms with Gasteiger partial charge < -0.3 is 20.0 Å². The summed E-state index contributed by atoms with van der Waals surface area (Å²) >= 11 is 0. The van der Waals surface area contributed by atoms with Crippen molar-refractivity contribution >= 4 is 23.0 Å². The summed E-state index contributed by atoms with van der Waals surface area (Å²) < 4.78 is 29.5. The smallest absolute Gasteiger partial charge is 0.146 e. The van der Waals surface area contributed by atoms with Crippen molar-refractivity contribution in [3.63, 3.8) is 0 Å². The van der Waals surface area contributed by atoms with Gasteiger partial charge in [0.15, 0.2) is 0 Å². The molecule has 1 aromatic carbocycles. The lowest BCUT2D eigenvalue weighted by molar-refractivity contribution is -0.104. The topological polar surface area (TPSA) is 81.7 Å². The summed E-state index contributed by atoms with van der Waals surface area (Å²) in [5.74, 6) is -0.448. The zero-order valence-electron chi connectivity index (χ0n) is 17.8. The van der Waals surface area contributed by atoms with E-state index < -0.39 is 21.5 Å². The normalized spacial score (nSPS) is 16.2. The van der Waals surface area contributed by atoms with E-state index in [0.717, 1.165) is 18.4 Å². The van der Waals surface area contributed by atoms with E-state index in [2.05, 4.69) is 10.0 Å². The number of aliphatic hydroxyl groups excluding tert-OH is 1. The summed E-state index contributed by atoms with van der Waals surface area (Å²) in [6.07, 6.45) is 5.47. The maximum Gasteiger partial charge on any atom is 0.146 e. The molecule has 0 aliphatic heterocycles. The van der Waals surface area contributed by atoms with Crippen LogP contribution >= 0.6 is 0 Å². The van der Waals surface area contributed by atoms with Gasteiger partial charge >= 0.3 is 0 Å². The number of allylic oxidation sites excluding steroid dienone is 1. The fourth-order valence-corrected chi connectivity index (χ4v) is 3.95. The minimum atomic E-state index is -1.45. The highest BCUT2D eigenvalue weighted by Gasteiger charge is 2.48. The quantitative estimate of drug-likeness (QED) is 0.305. The summed E-state index contributed by atoms with van der Waals surface area (Å²) in [7, 11) is 2.12. The molecule has 0 aromatic heterocycles. The van der Waals surface area contributed by atoms with Gasteiger partial charge in [-0.05, 0) is 43.9 Å². The molecule has 0 bridgehead atoms. The number of halogens is 1. The molecule has 0 heterocycles. The largest absolute Gasteiger partial charge is 0.396 e. The second-order valence-corrected chi connectivity index (χ2v) is 8.47. The number of benzene rings is 1. The van der Waals surface area contributed by atoms with E-state index in [1.54, 1.807) is 44.3 Å². The van der Waals surface area contributed by atoms with Crippen LogP contribution in [0.5, 0.6) is 0 Å². The van der Waals surface area contributed by atoms with Gasteiger partial charge in [-0.3, -0.25) is 4.79 Å². The highest BCUT2D eigenvalue weighted by atomic mass is 32.2. The van der Waals surface area contributed by atoms with Gasteiger partial charge in [-0.15, -0.1) is 0 Å². The molecule has 1 aliphatic carbocycles. The molecule has 8 heteroatoms. The van der Waals surface area contributed by atoms with Crippen molar-refractivity contribution in [2.45, 2.75) is 44.8 Å². The van der Waals surface area contributed by atoms with Crippen molar-refractivity contribution in [3.8, 4) is 0 Å². The minimum absolute atomic E-state index is 0.0377. The van der Waals surface area contributed by atoms with Gasteiger partial charge in [-0.25, -0.2) is 8.60 Å².